The van der Waals surface area contributed by atoms with Crippen LogP contribution in [0.1, 0.15) is 78.2 Å². The molecular formula is C31H52N4O5. The smallest absolute Gasteiger partial charge is 0.242 e. The van der Waals surface area contributed by atoms with E-state index in [0.717, 1.165) is 76.1 Å². The van der Waals surface area contributed by atoms with Gasteiger partial charge in [0.1, 0.15) is 11.8 Å². The number of morpholine rings is 1. The van der Waals surface area contributed by atoms with Crippen LogP contribution in [0.4, 0.5) is 0 Å². The lowest BCUT2D eigenvalue weighted by Crippen LogP contribution is -2.51. The number of rotatable bonds is 3. The summed E-state index contributed by atoms with van der Waals surface area (Å²) < 4.78 is 11.0. The normalized spacial score (nSPS) is 23.2. The summed E-state index contributed by atoms with van der Waals surface area (Å²) in [6.07, 6.45) is 6.90. The number of fused-ring (bicyclic) bond motifs is 2. The summed E-state index contributed by atoms with van der Waals surface area (Å²) in [6, 6.07) is 7.37. The molecule has 0 radical (unpaired) electrons. The van der Waals surface area contributed by atoms with E-state index in [1.165, 1.54) is 6.54 Å². The molecule has 1 saturated heterocycles. The Hall–Kier alpha value is -2.65. The second-order valence-electron chi connectivity index (χ2n) is 10.5. The number of hydrogen-bond donors (Lipinski definition) is 3. The highest BCUT2D eigenvalue weighted by atomic mass is 16.5. The van der Waals surface area contributed by atoms with E-state index in [2.05, 4.69) is 27.8 Å². The minimum Gasteiger partial charge on any atom is -0.494 e. The minimum absolute atomic E-state index is 0.125. The topological polar surface area (TPSA) is 109 Å². The molecule has 1 saturated carbocycles. The predicted octanol–water partition coefficient (Wildman–Crippen LogP) is 3.45. The monoisotopic (exact) mass is 560 g/mol. The predicted molar refractivity (Wildman–Crippen MR) is 158 cm³/mol. The van der Waals surface area contributed by atoms with Gasteiger partial charge in [-0.1, -0.05) is 52.7 Å². The van der Waals surface area contributed by atoms with E-state index in [1.54, 1.807) is 0 Å². The zero-order chi connectivity index (χ0) is 29.2. The number of ether oxygens (including phenoxy) is 2. The van der Waals surface area contributed by atoms with Crippen LogP contribution in [0.25, 0.3) is 0 Å². The van der Waals surface area contributed by atoms with Crippen molar-refractivity contribution in [3.63, 3.8) is 0 Å². The highest BCUT2D eigenvalue weighted by Crippen LogP contribution is 2.19. The second kappa shape index (κ2) is 19.4. The number of likely N-dealkylation sites (N-methyl/N-ethyl adjacent to an activating group) is 1. The number of carbonyl (C=O) groups excluding carboxylic acids is 3. The molecule has 0 aromatic heterocycles. The van der Waals surface area contributed by atoms with Crippen molar-refractivity contribution in [2.24, 2.45) is 5.92 Å². The van der Waals surface area contributed by atoms with E-state index in [0.29, 0.717) is 19.4 Å². The van der Waals surface area contributed by atoms with Gasteiger partial charge in [-0.3, -0.25) is 19.3 Å². The zero-order valence-electron chi connectivity index (χ0n) is 25.1. The minimum atomic E-state index is -0.594. The summed E-state index contributed by atoms with van der Waals surface area (Å²) in [5.74, 6) is -0.147. The van der Waals surface area contributed by atoms with Crippen molar-refractivity contribution in [2.45, 2.75) is 91.1 Å². The first-order valence-corrected chi connectivity index (χ1v) is 15.3. The summed E-state index contributed by atoms with van der Waals surface area (Å²) >= 11 is 0. The molecule has 1 aliphatic carbocycles. The van der Waals surface area contributed by atoms with Gasteiger partial charge in [-0.05, 0) is 62.8 Å². The number of amides is 3. The largest absolute Gasteiger partial charge is 0.494 e. The Kier molecular flexibility index (Phi) is 16.3. The molecule has 1 aromatic carbocycles. The number of nitrogens with one attached hydrogen (secondary N) is 3. The maximum atomic E-state index is 12.7. The molecule has 1 aromatic rings. The average Bonchev–Trinajstić information content (AvgIpc) is 3.49. The molecule has 2 bridgehead atoms. The zero-order valence-corrected chi connectivity index (χ0v) is 25.1. The van der Waals surface area contributed by atoms with Gasteiger partial charge in [-0.25, -0.2) is 0 Å². The molecule has 3 aliphatic rings. The molecule has 226 valence electrons. The van der Waals surface area contributed by atoms with Crippen molar-refractivity contribution in [3.05, 3.63) is 29.8 Å². The van der Waals surface area contributed by atoms with Crippen LogP contribution in [0.5, 0.6) is 5.75 Å². The first-order valence-electron chi connectivity index (χ1n) is 15.3. The van der Waals surface area contributed by atoms with Gasteiger partial charge in [0.05, 0.1) is 26.4 Å². The van der Waals surface area contributed by atoms with Crippen LogP contribution in [-0.2, 0) is 25.5 Å². The maximum absolute atomic E-state index is 12.7. The summed E-state index contributed by atoms with van der Waals surface area (Å²) in [4.78, 5) is 39.9. The molecule has 4 rings (SSSR count). The van der Waals surface area contributed by atoms with Gasteiger partial charge in [0, 0.05) is 25.0 Å². The van der Waals surface area contributed by atoms with Gasteiger partial charge in [-0.15, -0.1) is 0 Å². The average molecular weight is 561 g/mol. The van der Waals surface area contributed by atoms with Crippen LogP contribution >= 0.6 is 0 Å². The van der Waals surface area contributed by atoms with E-state index in [-0.39, 0.29) is 36.2 Å². The molecule has 0 spiro atoms. The van der Waals surface area contributed by atoms with E-state index in [9.17, 15) is 14.4 Å². The molecular weight excluding hydrogens is 508 g/mol. The standard InChI is InChI=1S/C23H33N3O4.C6H13NO.C2H6/c1-16-13-17-7-6-10-19(14-17)30-12-5-4-11-20(26-21(27)15-24-22(16)28)23(29)25-18-8-2-3-9-18;1-2-7-3-5-8-6-4-7;1-2/h6-7,10,14,16,18,20H,2-5,8-9,11-13,15H2,1H3,(H,24,28)(H,25,29)(H,26,27);2-6H2,1H3;1-2H3. The molecule has 40 heavy (non-hydrogen) atoms. The van der Waals surface area contributed by atoms with Crippen molar-refractivity contribution in [3.8, 4) is 5.75 Å². The SMILES string of the molecule is CC.CC1Cc2cccc(c2)OCCCCC(C(=O)NC2CCCC2)NC(=O)CNC1=O.CCN1CCOCC1. The molecule has 2 unspecified atom stereocenters. The maximum Gasteiger partial charge on any atom is 0.242 e. The molecule has 2 fully saturated rings. The van der Waals surface area contributed by atoms with Gasteiger partial charge in [-0.2, -0.15) is 0 Å². The number of nitrogens with zero attached hydrogens (tertiary/aromatic N) is 1. The van der Waals surface area contributed by atoms with Crippen LogP contribution in [-0.4, -0.2) is 80.7 Å². The Labute approximate surface area is 241 Å². The summed E-state index contributed by atoms with van der Waals surface area (Å²) in [5, 5.41) is 8.57. The number of hydrogen-bond acceptors (Lipinski definition) is 6. The fraction of sp³-hybridized carbons (Fsp3) is 0.710. The van der Waals surface area contributed by atoms with E-state index < -0.39 is 6.04 Å². The lowest BCUT2D eigenvalue weighted by Gasteiger charge is -2.24. The Morgan fingerprint density at radius 1 is 1.02 bits per heavy atom. The van der Waals surface area contributed by atoms with Gasteiger partial charge in [0.25, 0.3) is 0 Å². The van der Waals surface area contributed by atoms with E-state index in [1.807, 2.05) is 45.0 Å². The third-order valence-electron chi connectivity index (χ3n) is 7.37. The summed E-state index contributed by atoms with van der Waals surface area (Å²) in [5.41, 5.74) is 1.02. The second-order valence-corrected chi connectivity index (χ2v) is 10.5. The van der Waals surface area contributed by atoms with Crippen molar-refractivity contribution in [1.29, 1.82) is 0 Å². The number of benzene rings is 1. The van der Waals surface area contributed by atoms with Crippen LogP contribution < -0.4 is 20.7 Å². The highest BCUT2D eigenvalue weighted by Gasteiger charge is 2.25. The van der Waals surface area contributed by atoms with Crippen LogP contribution in [0.2, 0.25) is 0 Å². The van der Waals surface area contributed by atoms with Gasteiger partial charge < -0.3 is 25.4 Å². The van der Waals surface area contributed by atoms with Crippen LogP contribution in [0.3, 0.4) is 0 Å². The van der Waals surface area contributed by atoms with Crippen LogP contribution in [0, 0.1) is 5.92 Å². The summed E-state index contributed by atoms with van der Waals surface area (Å²) in [6.45, 7) is 13.7. The third-order valence-corrected chi connectivity index (χ3v) is 7.37. The van der Waals surface area contributed by atoms with E-state index in [4.69, 9.17) is 9.47 Å². The van der Waals surface area contributed by atoms with E-state index >= 15 is 0 Å². The fourth-order valence-corrected chi connectivity index (χ4v) is 4.99. The van der Waals surface area contributed by atoms with Crippen molar-refractivity contribution < 1.29 is 23.9 Å². The van der Waals surface area contributed by atoms with Crippen LogP contribution in [0.15, 0.2) is 24.3 Å². The molecule has 2 atom stereocenters. The van der Waals surface area contributed by atoms with Gasteiger partial charge >= 0.3 is 0 Å². The Bertz CT molecular complexity index is 884. The molecule has 2 heterocycles. The molecule has 3 amide bonds. The summed E-state index contributed by atoms with van der Waals surface area (Å²) in [7, 11) is 0. The first-order chi connectivity index (χ1) is 19.4. The van der Waals surface area contributed by atoms with Crippen molar-refractivity contribution >= 4 is 17.7 Å². The van der Waals surface area contributed by atoms with Crippen molar-refractivity contribution in [1.82, 2.24) is 20.9 Å². The number of carbonyl (C=O) groups is 3. The quantitative estimate of drug-likeness (QED) is 0.523. The molecule has 9 heteroatoms. The lowest BCUT2D eigenvalue weighted by molar-refractivity contribution is -0.131. The Morgan fingerprint density at radius 2 is 1.73 bits per heavy atom. The third kappa shape index (κ3) is 12.7. The molecule has 3 N–H and O–H groups in total. The lowest BCUT2D eigenvalue weighted by atomic mass is 10.00. The van der Waals surface area contributed by atoms with Gasteiger partial charge in [0.15, 0.2) is 0 Å². The first kappa shape index (κ1) is 33.6. The Morgan fingerprint density at radius 3 is 2.40 bits per heavy atom. The van der Waals surface area contributed by atoms with Crippen molar-refractivity contribution in [2.75, 3.05) is 46.0 Å². The Balaban J connectivity index is 0.000000475. The van der Waals surface area contributed by atoms with Gasteiger partial charge in [0.2, 0.25) is 17.7 Å². The molecule has 2 aliphatic heterocycles. The fourth-order valence-electron chi connectivity index (χ4n) is 4.99. The highest BCUT2D eigenvalue weighted by molar-refractivity contribution is 5.90. The molecule has 9 nitrogen and oxygen atoms in total.